The molecule has 0 aliphatic carbocycles. The normalized spacial score (nSPS) is 17.9. The summed E-state index contributed by atoms with van der Waals surface area (Å²) in [4.78, 5) is 43.0. The minimum absolute atomic E-state index is 0.0263. The van der Waals surface area contributed by atoms with Crippen LogP contribution < -0.4 is 4.90 Å². The number of carbonyl (C=O) groups excluding carboxylic acids is 3. The molecule has 2 aliphatic heterocycles. The van der Waals surface area contributed by atoms with Crippen molar-refractivity contribution in [3.05, 3.63) is 77.4 Å². The number of rotatable bonds is 3. The van der Waals surface area contributed by atoms with Crippen LogP contribution in [0.1, 0.15) is 45.5 Å². The fraction of sp³-hybridized carbons (Fsp3) is 0.321. The molecule has 0 bridgehead atoms. The van der Waals surface area contributed by atoms with Gasteiger partial charge in [-0.2, -0.15) is 0 Å². The van der Waals surface area contributed by atoms with E-state index in [0.717, 1.165) is 47.7 Å². The van der Waals surface area contributed by atoms with Gasteiger partial charge in [0.15, 0.2) is 0 Å². The standard InChI is InChI=1S/C28H28N2O4/c1-34-28(33)24-13-5-15-25-22(24)14-7-17-30(25)26(31)20-10-6-16-29(18-20)27(32)23-12-4-9-19-8-2-3-11-21(19)23/h2-5,8-9,11-13,15,20H,6-7,10,14,16-18H2,1H3. The molecule has 2 heterocycles. The highest BCUT2D eigenvalue weighted by atomic mass is 16.5. The molecule has 0 radical (unpaired) electrons. The van der Waals surface area contributed by atoms with Crippen LogP contribution in [0.3, 0.4) is 0 Å². The van der Waals surface area contributed by atoms with E-state index >= 15 is 0 Å². The first-order valence-corrected chi connectivity index (χ1v) is 11.9. The third-order valence-corrected chi connectivity index (χ3v) is 7.00. The molecule has 3 aromatic carbocycles. The molecule has 1 atom stereocenters. The summed E-state index contributed by atoms with van der Waals surface area (Å²) in [7, 11) is 1.37. The quantitative estimate of drug-likeness (QED) is 0.546. The smallest absolute Gasteiger partial charge is 0.338 e. The molecular weight excluding hydrogens is 428 g/mol. The minimum atomic E-state index is -0.379. The van der Waals surface area contributed by atoms with Crippen LogP contribution in [0.2, 0.25) is 0 Å². The number of hydrogen-bond acceptors (Lipinski definition) is 4. The predicted molar refractivity (Wildman–Crippen MR) is 131 cm³/mol. The zero-order valence-corrected chi connectivity index (χ0v) is 19.3. The van der Waals surface area contributed by atoms with Crippen LogP contribution in [0, 0.1) is 5.92 Å². The van der Waals surface area contributed by atoms with Crippen molar-refractivity contribution < 1.29 is 19.1 Å². The van der Waals surface area contributed by atoms with Crippen molar-refractivity contribution in [1.82, 2.24) is 4.90 Å². The number of carbonyl (C=O) groups is 3. The molecule has 0 saturated carbocycles. The summed E-state index contributed by atoms with van der Waals surface area (Å²) in [5.74, 6) is -0.643. The SMILES string of the molecule is COC(=O)c1cccc2c1CCCN2C(=O)C1CCCN(C(=O)c2cccc3ccccc23)C1. The second-order valence-electron chi connectivity index (χ2n) is 9.01. The Morgan fingerprint density at radius 3 is 2.50 bits per heavy atom. The van der Waals surface area contributed by atoms with Gasteiger partial charge in [0.05, 0.1) is 18.6 Å². The van der Waals surface area contributed by atoms with Gasteiger partial charge < -0.3 is 14.5 Å². The summed E-state index contributed by atoms with van der Waals surface area (Å²) in [6.45, 7) is 1.67. The van der Waals surface area contributed by atoms with Gasteiger partial charge in [-0.05, 0) is 60.2 Å². The van der Waals surface area contributed by atoms with Crippen LogP contribution in [-0.2, 0) is 16.0 Å². The zero-order chi connectivity index (χ0) is 23.7. The van der Waals surface area contributed by atoms with E-state index in [0.29, 0.717) is 30.8 Å². The van der Waals surface area contributed by atoms with E-state index in [1.165, 1.54) is 7.11 Å². The van der Waals surface area contributed by atoms with E-state index in [4.69, 9.17) is 4.74 Å². The lowest BCUT2D eigenvalue weighted by Crippen LogP contribution is -2.48. The second-order valence-corrected chi connectivity index (χ2v) is 9.01. The monoisotopic (exact) mass is 456 g/mol. The highest BCUT2D eigenvalue weighted by Crippen LogP contribution is 2.33. The van der Waals surface area contributed by atoms with Crippen LogP contribution in [0.5, 0.6) is 0 Å². The van der Waals surface area contributed by atoms with Gasteiger partial charge in [-0.25, -0.2) is 4.79 Å². The Hall–Kier alpha value is -3.67. The predicted octanol–water partition coefficient (Wildman–Crippen LogP) is 4.46. The highest BCUT2D eigenvalue weighted by Gasteiger charge is 2.34. The Bertz CT molecular complexity index is 1260. The molecule has 0 aromatic heterocycles. The molecule has 1 fully saturated rings. The maximum atomic E-state index is 13.7. The van der Waals surface area contributed by atoms with Gasteiger partial charge in [0, 0.05) is 30.9 Å². The number of hydrogen-bond donors (Lipinski definition) is 0. The maximum Gasteiger partial charge on any atom is 0.338 e. The van der Waals surface area contributed by atoms with Gasteiger partial charge >= 0.3 is 5.97 Å². The molecule has 1 unspecified atom stereocenters. The molecule has 2 amide bonds. The molecule has 3 aromatic rings. The lowest BCUT2D eigenvalue weighted by molar-refractivity contribution is -0.123. The number of fused-ring (bicyclic) bond motifs is 2. The molecule has 0 spiro atoms. The zero-order valence-electron chi connectivity index (χ0n) is 19.3. The summed E-state index contributed by atoms with van der Waals surface area (Å²) in [5, 5.41) is 1.97. The Labute approximate surface area is 199 Å². The number of methoxy groups -OCH3 is 1. The van der Waals surface area contributed by atoms with E-state index in [1.54, 1.807) is 12.1 Å². The van der Waals surface area contributed by atoms with Crippen molar-refractivity contribution in [2.75, 3.05) is 31.6 Å². The Kier molecular flexibility index (Phi) is 6.05. The number of likely N-dealkylation sites (tertiary alicyclic amines) is 1. The summed E-state index contributed by atoms with van der Waals surface area (Å²) in [5.41, 5.74) is 2.86. The van der Waals surface area contributed by atoms with E-state index < -0.39 is 0 Å². The second kappa shape index (κ2) is 9.29. The van der Waals surface area contributed by atoms with Crippen LogP contribution in [0.25, 0.3) is 10.8 Å². The number of amides is 2. The van der Waals surface area contributed by atoms with Gasteiger partial charge in [-0.1, -0.05) is 42.5 Å². The van der Waals surface area contributed by atoms with Crippen molar-refractivity contribution in [3.63, 3.8) is 0 Å². The molecule has 174 valence electrons. The first-order chi connectivity index (χ1) is 16.6. The van der Waals surface area contributed by atoms with E-state index in [9.17, 15) is 14.4 Å². The summed E-state index contributed by atoms with van der Waals surface area (Å²) < 4.78 is 4.94. The van der Waals surface area contributed by atoms with Gasteiger partial charge in [0.25, 0.3) is 5.91 Å². The molecule has 6 heteroatoms. The fourth-order valence-corrected chi connectivity index (χ4v) is 5.32. The van der Waals surface area contributed by atoms with Gasteiger partial charge in [0.1, 0.15) is 0 Å². The summed E-state index contributed by atoms with van der Waals surface area (Å²) >= 11 is 0. The van der Waals surface area contributed by atoms with Gasteiger partial charge in [-0.3, -0.25) is 9.59 Å². The minimum Gasteiger partial charge on any atom is -0.465 e. The number of nitrogens with zero attached hydrogens (tertiary/aromatic N) is 2. The number of benzene rings is 3. The van der Waals surface area contributed by atoms with Crippen LogP contribution in [0.15, 0.2) is 60.7 Å². The van der Waals surface area contributed by atoms with Crippen LogP contribution >= 0.6 is 0 Å². The van der Waals surface area contributed by atoms with Crippen LogP contribution in [-0.4, -0.2) is 49.4 Å². The average Bonchev–Trinajstić information content (AvgIpc) is 2.90. The number of ether oxygens (including phenoxy) is 1. The van der Waals surface area contributed by atoms with Crippen molar-refractivity contribution in [2.45, 2.75) is 25.7 Å². The Morgan fingerprint density at radius 1 is 0.882 bits per heavy atom. The highest BCUT2D eigenvalue weighted by molar-refractivity contribution is 6.07. The topological polar surface area (TPSA) is 66.9 Å². The third kappa shape index (κ3) is 3.94. The van der Waals surface area contributed by atoms with E-state index in [-0.39, 0.29) is 23.7 Å². The lowest BCUT2D eigenvalue weighted by Gasteiger charge is -2.37. The fourth-order valence-electron chi connectivity index (χ4n) is 5.32. The Balaban J connectivity index is 1.38. The van der Waals surface area contributed by atoms with Crippen molar-refractivity contribution in [2.24, 2.45) is 5.92 Å². The average molecular weight is 457 g/mol. The van der Waals surface area contributed by atoms with Crippen molar-refractivity contribution >= 4 is 34.2 Å². The molecule has 1 saturated heterocycles. The number of anilines is 1. The third-order valence-electron chi connectivity index (χ3n) is 7.00. The molecule has 2 aliphatic rings. The van der Waals surface area contributed by atoms with Crippen molar-refractivity contribution in [3.8, 4) is 0 Å². The molecule has 0 N–H and O–H groups in total. The largest absolute Gasteiger partial charge is 0.465 e. The summed E-state index contributed by atoms with van der Waals surface area (Å²) in [6.07, 6.45) is 3.06. The van der Waals surface area contributed by atoms with Gasteiger partial charge in [0.2, 0.25) is 5.91 Å². The van der Waals surface area contributed by atoms with E-state index in [1.807, 2.05) is 58.3 Å². The molecule has 6 nitrogen and oxygen atoms in total. The van der Waals surface area contributed by atoms with Gasteiger partial charge in [-0.15, -0.1) is 0 Å². The van der Waals surface area contributed by atoms with Crippen molar-refractivity contribution in [1.29, 1.82) is 0 Å². The first-order valence-electron chi connectivity index (χ1n) is 11.9. The first kappa shape index (κ1) is 22.1. The molecule has 5 rings (SSSR count). The van der Waals surface area contributed by atoms with Crippen LogP contribution in [0.4, 0.5) is 5.69 Å². The summed E-state index contributed by atoms with van der Waals surface area (Å²) in [6, 6.07) is 19.1. The molecule has 34 heavy (non-hydrogen) atoms. The number of esters is 1. The Morgan fingerprint density at radius 2 is 1.65 bits per heavy atom. The number of piperidine rings is 1. The maximum absolute atomic E-state index is 13.7. The molecular formula is C28H28N2O4. The lowest BCUT2D eigenvalue weighted by atomic mass is 9.92. The van der Waals surface area contributed by atoms with E-state index in [2.05, 4.69) is 0 Å².